The molecule has 1 heterocycles. The van der Waals surface area contributed by atoms with Gasteiger partial charge in [0.25, 0.3) is 0 Å². The molecule has 1 aromatic carbocycles. The molecular formula is C15H20BFO4. The molecule has 0 N–H and O–H groups in total. The van der Waals surface area contributed by atoms with E-state index < -0.39 is 30.1 Å². The third kappa shape index (κ3) is 2.70. The molecule has 0 aliphatic carbocycles. The van der Waals surface area contributed by atoms with Crippen molar-refractivity contribution in [1.82, 2.24) is 0 Å². The van der Waals surface area contributed by atoms with Crippen molar-refractivity contribution in [3.05, 3.63) is 29.1 Å². The lowest BCUT2D eigenvalue weighted by Crippen LogP contribution is -2.41. The Kier molecular flexibility index (Phi) is 3.89. The molecule has 1 fully saturated rings. The summed E-state index contributed by atoms with van der Waals surface area (Å²) in [7, 11) is 0.525. The Labute approximate surface area is 124 Å². The van der Waals surface area contributed by atoms with E-state index in [2.05, 4.69) is 0 Å². The van der Waals surface area contributed by atoms with Crippen LogP contribution < -0.4 is 5.46 Å². The van der Waals surface area contributed by atoms with Crippen LogP contribution in [0.2, 0.25) is 0 Å². The minimum atomic E-state index is -0.733. The quantitative estimate of drug-likeness (QED) is 0.620. The Morgan fingerprint density at radius 2 is 1.71 bits per heavy atom. The smallest absolute Gasteiger partial charge is 0.465 e. The molecule has 1 aliphatic heterocycles. The first-order chi connectivity index (χ1) is 9.59. The van der Waals surface area contributed by atoms with E-state index in [1.807, 2.05) is 27.7 Å². The molecule has 0 unspecified atom stereocenters. The molecule has 0 amide bonds. The Hall–Kier alpha value is -1.40. The normalized spacial score (nSPS) is 19.7. The van der Waals surface area contributed by atoms with Gasteiger partial charge in [-0.15, -0.1) is 0 Å². The van der Waals surface area contributed by atoms with E-state index in [9.17, 15) is 9.18 Å². The number of hydrogen-bond acceptors (Lipinski definition) is 4. The molecule has 0 atom stereocenters. The largest absolute Gasteiger partial charge is 0.495 e. The number of benzene rings is 1. The van der Waals surface area contributed by atoms with Crippen LogP contribution in [0.5, 0.6) is 0 Å². The molecular weight excluding hydrogens is 274 g/mol. The van der Waals surface area contributed by atoms with Crippen LogP contribution in [0.3, 0.4) is 0 Å². The maximum absolute atomic E-state index is 13.8. The maximum atomic E-state index is 13.8. The summed E-state index contributed by atoms with van der Waals surface area (Å²) in [6.07, 6.45) is 0. The van der Waals surface area contributed by atoms with Crippen molar-refractivity contribution >= 4 is 18.6 Å². The molecule has 0 aromatic heterocycles. The molecule has 4 nitrogen and oxygen atoms in total. The second-order valence-electron chi connectivity index (χ2n) is 6.27. The van der Waals surface area contributed by atoms with E-state index in [0.29, 0.717) is 11.0 Å². The summed E-state index contributed by atoms with van der Waals surface area (Å²) in [4.78, 5) is 11.9. The van der Waals surface area contributed by atoms with Crippen LogP contribution in [0, 0.1) is 12.7 Å². The summed E-state index contributed by atoms with van der Waals surface area (Å²) in [5, 5.41) is 0. The molecule has 1 aliphatic rings. The molecule has 6 heteroatoms. The number of halogens is 1. The van der Waals surface area contributed by atoms with Gasteiger partial charge in [-0.1, -0.05) is 6.07 Å². The van der Waals surface area contributed by atoms with E-state index in [4.69, 9.17) is 14.0 Å². The summed E-state index contributed by atoms with van der Waals surface area (Å²) in [5.41, 5.74) is -0.0355. The van der Waals surface area contributed by atoms with Crippen molar-refractivity contribution in [2.45, 2.75) is 45.8 Å². The standard InChI is InChI=1S/C15H20BFO4/c1-9-7-11(10(8-12(9)17)13(18)19-6)16-20-14(2,3)15(4,5)21-16/h7-8H,1-6H3. The molecule has 0 spiro atoms. The lowest BCUT2D eigenvalue weighted by atomic mass is 9.75. The summed E-state index contributed by atoms with van der Waals surface area (Å²) in [6, 6.07) is 2.74. The van der Waals surface area contributed by atoms with E-state index in [-0.39, 0.29) is 5.56 Å². The molecule has 2 rings (SSSR count). The van der Waals surface area contributed by atoms with Crippen LogP contribution >= 0.6 is 0 Å². The van der Waals surface area contributed by atoms with Gasteiger partial charge < -0.3 is 14.0 Å². The van der Waals surface area contributed by atoms with Gasteiger partial charge in [0, 0.05) is 0 Å². The number of esters is 1. The molecule has 0 bridgehead atoms. The van der Waals surface area contributed by atoms with Crippen molar-refractivity contribution in [2.75, 3.05) is 7.11 Å². The average molecular weight is 294 g/mol. The zero-order valence-electron chi connectivity index (χ0n) is 13.2. The monoisotopic (exact) mass is 294 g/mol. The Morgan fingerprint density at radius 1 is 1.19 bits per heavy atom. The van der Waals surface area contributed by atoms with Crippen LogP contribution in [-0.4, -0.2) is 31.4 Å². The Morgan fingerprint density at radius 3 is 2.19 bits per heavy atom. The highest BCUT2D eigenvalue weighted by molar-refractivity contribution is 6.63. The number of carbonyl (C=O) groups excluding carboxylic acids is 1. The van der Waals surface area contributed by atoms with Crippen LogP contribution in [-0.2, 0) is 14.0 Å². The van der Waals surface area contributed by atoms with E-state index >= 15 is 0 Å². The number of aryl methyl sites for hydroxylation is 1. The van der Waals surface area contributed by atoms with Crippen LogP contribution in [0.25, 0.3) is 0 Å². The van der Waals surface area contributed by atoms with Gasteiger partial charge in [-0.05, 0) is 51.7 Å². The van der Waals surface area contributed by atoms with E-state index in [0.717, 1.165) is 0 Å². The highest BCUT2D eigenvalue weighted by Crippen LogP contribution is 2.36. The van der Waals surface area contributed by atoms with Gasteiger partial charge in [0.05, 0.1) is 23.9 Å². The Bertz CT molecular complexity index is 567. The Balaban J connectivity index is 2.50. The van der Waals surface area contributed by atoms with Gasteiger partial charge in [-0.25, -0.2) is 9.18 Å². The van der Waals surface area contributed by atoms with Crippen molar-refractivity contribution in [3.8, 4) is 0 Å². The van der Waals surface area contributed by atoms with Crippen molar-refractivity contribution < 1.29 is 23.2 Å². The van der Waals surface area contributed by atoms with E-state index in [1.54, 1.807) is 13.0 Å². The highest BCUT2D eigenvalue weighted by Gasteiger charge is 2.52. The predicted octanol–water partition coefficient (Wildman–Crippen LogP) is 2.22. The first kappa shape index (κ1) is 16.0. The third-order valence-electron chi connectivity index (χ3n) is 4.24. The molecule has 114 valence electrons. The first-order valence-corrected chi connectivity index (χ1v) is 6.83. The van der Waals surface area contributed by atoms with Crippen LogP contribution in [0.15, 0.2) is 12.1 Å². The predicted molar refractivity (Wildman–Crippen MR) is 78.2 cm³/mol. The lowest BCUT2D eigenvalue weighted by molar-refractivity contribution is 0.00578. The van der Waals surface area contributed by atoms with Gasteiger partial charge in [0.1, 0.15) is 5.82 Å². The summed E-state index contributed by atoms with van der Waals surface area (Å²) >= 11 is 0. The zero-order chi connectivity index (χ0) is 16.0. The van der Waals surface area contributed by atoms with Gasteiger partial charge in [-0.3, -0.25) is 0 Å². The fourth-order valence-corrected chi connectivity index (χ4v) is 2.16. The maximum Gasteiger partial charge on any atom is 0.495 e. The van der Waals surface area contributed by atoms with Crippen molar-refractivity contribution in [3.63, 3.8) is 0 Å². The van der Waals surface area contributed by atoms with Gasteiger partial charge in [0.2, 0.25) is 0 Å². The van der Waals surface area contributed by atoms with E-state index in [1.165, 1.54) is 13.2 Å². The van der Waals surface area contributed by atoms with Crippen LogP contribution in [0.1, 0.15) is 43.6 Å². The van der Waals surface area contributed by atoms with Gasteiger partial charge in [0.15, 0.2) is 0 Å². The first-order valence-electron chi connectivity index (χ1n) is 6.83. The zero-order valence-corrected chi connectivity index (χ0v) is 13.2. The number of carbonyl (C=O) groups is 1. The lowest BCUT2D eigenvalue weighted by Gasteiger charge is -2.32. The summed E-state index contributed by atoms with van der Waals surface area (Å²) in [6.45, 7) is 9.30. The minimum Gasteiger partial charge on any atom is -0.465 e. The highest BCUT2D eigenvalue weighted by atomic mass is 19.1. The number of rotatable bonds is 2. The summed E-state index contributed by atoms with van der Waals surface area (Å²) < 4.78 is 30.3. The molecule has 21 heavy (non-hydrogen) atoms. The van der Waals surface area contributed by atoms with Crippen molar-refractivity contribution in [2.24, 2.45) is 0 Å². The topological polar surface area (TPSA) is 44.8 Å². The molecule has 1 aromatic rings. The fraction of sp³-hybridized carbons (Fsp3) is 0.533. The third-order valence-corrected chi connectivity index (χ3v) is 4.24. The molecule has 0 radical (unpaired) electrons. The second-order valence-corrected chi connectivity index (χ2v) is 6.27. The SMILES string of the molecule is COC(=O)c1cc(F)c(C)cc1B1OC(C)(C)C(C)(C)O1. The average Bonchev–Trinajstić information content (AvgIpc) is 2.60. The van der Waals surface area contributed by atoms with Crippen molar-refractivity contribution in [1.29, 1.82) is 0 Å². The van der Waals surface area contributed by atoms with Crippen LogP contribution in [0.4, 0.5) is 4.39 Å². The number of methoxy groups -OCH3 is 1. The minimum absolute atomic E-state index is 0.124. The molecule has 1 saturated heterocycles. The molecule has 0 saturated carbocycles. The number of ether oxygens (including phenoxy) is 1. The summed E-state index contributed by atoms with van der Waals surface area (Å²) in [5.74, 6) is -1.07. The fourth-order valence-electron chi connectivity index (χ4n) is 2.16. The number of hydrogen-bond donors (Lipinski definition) is 0. The van der Waals surface area contributed by atoms with Gasteiger partial charge in [-0.2, -0.15) is 0 Å². The second kappa shape index (κ2) is 5.11. The van der Waals surface area contributed by atoms with Gasteiger partial charge >= 0.3 is 13.1 Å².